The van der Waals surface area contributed by atoms with Crippen LogP contribution < -0.4 is 10.6 Å². The summed E-state index contributed by atoms with van der Waals surface area (Å²) in [6.45, 7) is 2.47. The van der Waals surface area contributed by atoms with E-state index in [1.54, 1.807) is 18.2 Å². The van der Waals surface area contributed by atoms with Crippen molar-refractivity contribution in [2.45, 2.75) is 32.6 Å². The lowest BCUT2D eigenvalue weighted by molar-refractivity contribution is 0.0698. The van der Waals surface area contributed by atoms with Crippen LogP contribution in [0.5, 0.6) is 0 Å². The molecule has 2 amide bonds. The lowest BCUT2D eigenvalue weighted by Gasteiger charge is -2.13. The van der Waals surface area contributed by atoms with Gasteiger partial charge in [-0.05, 0) is 37.8 Å². The van der Waals surface area contributed by atoms with Crippen molar-refractivity contribution in [1.29, 1.82) is 0 Å². The van der Waals surface area contributed by atoms with Gasteiger partial charge < -0.3 is 15.7 Å². The van der Waals surface area contributed by atoms with E-state index in [4.69, 9.17) is 5.11 Å². The molecule has 1 aromatic carbocycles. The molecule has 1 aliphatic rings. The van der Waals surface area contributed by atoms with Crippen molar-refractivity contribution >= 4 is 17.7 Å². The zero-order valence-electron chi connectivity index (χ0n) is 11.6. The Balaban J connectivity index is 1.94. The van der Waals surface area contributed by atoms with E-state index < -0.39 is 5.97 Å². The first-order chi connectivity index (χ1) is 9.56. The van der Waals surface area contributed by atoms with Crippen LogP contribution in [0.2, 0.25) is 0 Å². The van der Waals surface area contributed by atoms with Gasteiger partial charge in [0.1, 0.15) is 0 Å². The highest BCUT2D eigenvalue weighted by atomic mass is 16.4. The van der Waals surface area contributed by atoms with Crippen LogP contribution in [0.4, 0.5) is 10.5 Å². The van der Waals surface area contributed by atoms with Crippen molar-refractivity contribution < 1.29 is 14.7 Å². The molecule has 0 spiro atoms. The number of rotatable bonds is 4. The number of nitrogens with one attached hydrogen (secondary N) is 2. The summed E-state index contributed by atoms with van der Waals surface area (Å²) in [6, 6.07) is 4.60. The molecular weight excluding hydrogens is 256 g/mol. The van der Waals surface area contributed by atoms with Crippen molar-refractivity contribution in [2.24, 2.45) is 5.92 Å². The molecule has 20 heavy (non-hydrogen) atoms. The molecule has 1 aromatic rings. The predicted molar refractivity (Wildman–Crippen MR) is 77.1 cm³/mol. The highest BCUT2D eigenvalue weighted by Gasteiger charge is 2.17. The summed E-state index contributed by atoms with van der Waals surface area (Å²) >= 11 is 0. The first-order valence-electron chi connectivity index (χ1n) is 6.95. The number of carboxylic acids is 1. The number of carboxylic acid groups (broad SMARTS) is 1. The average Bonchev–Trinajstić information content (AvgIpc) is 2.91. The minimum absolute atomic E-state index is 0.112. The van der Waals surface area contributed by atoms with Gasteiger partial charge in [-0.1, -0.05) is 24.5 Å². The maximum Gasteiger partial charge on any atom is 0.337 e. The van der Waals surface area contributed by atoms with Crippen LogP contribution in [-0.4, -0.2) is 23.7 Å². The topological polar surface area (TPSA) is 78.4 Å². The number of amides is 2. The number of hydrogen-bond acceptors (Lipinski definition) is 2. The molecule has 108 valence electrons. The predicted octanol–water partition coefficient (Wildman–Crippen LogP) is 3.00. The number of aromatic carboxylic acids is 1. The van der Waals surface area contributed by atoms with Crippen LogP contribution in [-0.2, 0) is 0 Å². The van der Waals surface area contributed by atoms with Crippen molar-refractivity contribution in [3.63, 3.8) is 0 Å². The highest BCUT2D eigenvalue weighted by molar-refractivity contribution is 6.00. The second-order valence-corrected chi connectivity index (χ2v) is 5.34. The lowest BCUT2D eigenvalue weighted by atomic mass is 10.1. The normalized spacial score (nSPS) is 15.1. The molecule has 1 saturated carbocycles. The molecule has 0 radical (unpaired) electrons. The molecule has 0 aliphatic heterocycles. The average molecular weight is 276 g/mol. The van der Waals surface area contributed by atoms with Gasteiger partial charge in [-0.3, -0.25) is 0 Å². The third kappa shape index (κ3) is 3.73. The van der Waals surface area contributed by atoms with Crippen molar-refractivity contribution in [3.8, 4) is 0 Å². The minimum atomic E-state index is -1.04. The molecule has 1 aliphatic carbocycles. The summed E-state index contributed by atoms with van der Waals surface area (Å²) < 4.78 is 0. The van der Waals surface area contributed by atoms with E-state index in [1.807, 2.05) is 6.92 Å². The quantitative estimate of drug-likeness (QED) is 0.791. The van der Waals surface area contributed by atoms with Gasteiger partial charge in [0.05, 0.1) is 11.3 Å². The Morgan fingerprint density at radius 1 is 1.30 bits per heavy atom. The molecule has 5 nitrogen and oxygen atoms in total. The lowest BCUT2D eigenvalue weighted by Crippen LogP contribution is -2.32. The fraction of sp³-hybridized carbons (Fsp3) is 0.467. The van der Waals surface area contributed by atoms with E-state index in [9.17, 15) is 9.59 Å². The summed E-state index contributed by atoms with van der Waals surface area (Å²) in [7, 11) is 0. The third-order valence-corrected chi connectivity index (χ3v) is 3.68. The fourth-order valence-corrected chi connectivity index (χ4v) is 2.56. The second-order valence-electron chi connectivity index (χ2n) is 5.34. The van der Waals surface area contributed by atoms with Crippen molar-refractivity contribution in [1.82, 2.24) is 5.32 Å². The number of aryl methyl sites for hydroxylation is 1. The van der Waals surface area contributed by atoms with Gasteiger partial charge in [0.2, 0.25) is 0 Å². The number of benzene rings is 1. The summed E-state index contributed by atoms with van der Waals surface area (Å²) in [5.74, 6) is -0.488. The maximum absolute atomic E-state index is 11.8. The summed E-state index contributed by atoms with van der Waals surface area (Å²) in [4.78, 5) is 23.0. The molecule has 0 unspecified atom stereocenters. The van der Waals surface area contributed by atoms with Crippen molar-refractivity contribution in [3.05, 3.63) is 29.3 Å². The van der Waals surface area contributed by atoms with Crippen LogP contribution in [0.25, 0.3) is 0 Å². The van der Waals surface area contributed by atoms with E-state index in [1.165, 1.54) is 12.8 Å². The number of anilines is 1. The smallest absolute Gasteiger partial charge is 0.337 e. The summed E-state index contributed by atoms with van der Waals surface area (Å²) in [5.41, 5.74) is 1.28. The third-order valence-electron chi connectivity index (χ3n) is 3.68. The molecule has 0 atom stereocenters. The van der Waals surface area contributed by atoms with E-state index in [0.29, 0.717) is 18.2 Å². The molecule has 0 saturated heterocycles. The molecule has 3 N–H and O–H groups in total. The zero-order chi connectivity index (χ0) is 14.5. The molecule has 0 aromatic heterocycles. The Morgan fingerprint density at radius 3 is 2.65 bits per heavy atom. The fourth-order valence-electron chi connectivity index (χ4n) is 2.56. The zero-order valence-corrected chi connectivity index (χ0v) is 11.6. The van der Waals surface area contributed by atoms with Gasteiger partial charge >= 0.3 is 12.0 Å². The van der Waals surface area contributed by atoms with Crippen LogP contribution in [0.15, 0.2) is 18.2 Å². The van der Waals surface area contributed by atoms with Crippen LogP contribution >= 0.6 is 0 Å². The van der Waals surface area contributed by atoms with Gasteiger partial charge in [0, 0.05) is 6.54 Å². The Morgan fingerprint density at radius 2 is 2.00 bits per heavy atom. The Labute approximate surface area is 118 Å². The van der Waals surface area contributed by atoms with Gasteiger partial charge in [0.25, 0.3) is 0 Å². The van der Waals surface area contributed by atoms with Crippen molar-refractivity contribution in [2.75, 3.05) is 11.9 Å². The van der Waals surface area contributed by atoms with E-state index in [2.05, 4.69) is 10.6 Å². The van der Waals surface area contributed by atoms with Gasteiger partial charge in [-0.2, -0.15) is 0 Å². The molecule has 0 heterocycles. The standard InChI is InChI=1S/C15H20N2O3/c1-10-6-7-13(12(8-10)14(18)19)17-15(20)16-9-11-4-2-3-5-11/h6-8,11H,2-5,9H2,1H3,(H,18,19)(H2,16,17,20). The van der Waals surface area contributed by atoms with Crippen LogP contribution in [0.3, 0.4) is 0 Å². The highest BCUT2D eigenvalue weighted by Crippen LogP contribution is 2.23. The SMILES string of the molecule is Cc1ccc(NC(=O)NCC2CCCC2)c(C(=O)O)c1. The Hall–Kier alpha value is -2.04. The largest absolute Gasteiger partial charge is 0.478 e. The number of carbonyl (C=O) groups is 2. The minimum Gasteiger partial charge on any atom is -0.478 e. The molecule has 5 heteroatoms. The van der Waals surface area contributed by atoms with Gasteiger partial charge in [0.15, 0.2) is 0 Å². The first kappa shape index (κ1) is 14.4. The number of carbonyl (C=O) groups excluding carboxylic acids is 1. The van der Waals surface area contributed by atoms with Crippen LogP contribution in [0, 0.1) is 12.8 Å². The van der Waals surface area contributed by atoms with E-state index in [-0.39, 0.29) is 11.6 Å². The number of urea groups is 1. The van der Waals surface area contributed by atoms with Gasteiger partial charge in [-0.15, -0.1) is 0 Å². The molecule has 0 bridgehead atoms. The van der Waals surface area contributed by atoms with E-state index in [0.717, 1.165) is 18.4 Å². The molecular formula is C15H20N2O3. The Kier molecular flexibility index (Phi) is 4.61. The maximum atomic E-state index is 11.8. The monoisotopic (exact) mass is 276 g/mol. The first-order valence-corrected chi connectivity index (χ1v) is 6.95. The summed E-state index contributed by atoms with van der Waals surface area (Å²) in [6.07, 6.45) is 4.78. The number of hydrogen-bond donors (Lipinski definition) is 3. The summed E-state index contributed by atoms with van der Waals surface area (Å²) in [5, 5.41) is 14.6. The Bertz CT molecular complexity index is 508. The van der Waals surface area contributed by atoms with Crippen LogP contribution in [0.1, 0.15) is 41.6 Å². The molecule has 2 rings (SSSR count). The second kappa shape index (κ2) is 6.41. The molecule has 1 fully saturated rings. The van der Waals surface area contributed by atoms with E-state index >= 15 is 0 Å². The van der Waals surface area contributed by atoms with Gasteiger partial charge in [-0.25, -0.2) is 9.59 Å².